The number of nitrogens with two attached hydrogens (primary N) is 1. The quantitative estimate of drug-likeness (QED) is 0.920. The van der Waals surface area contributed by atoms with Crippen molar-refractivity contribution in [3.8, 4) is 0 Å². The highest BCUT2D eigenvalue weighted by molar-refractivity contribution is 5.86. The number of rotatable bonds is 3. The van der Waals surface area contributed by atoms with E-state index in [9.17, 15) is 9.18 Å². The zero-order valence-electron chi connectivity index (χ0n) is 12.4. The van der Waals surface area contributed by atoms with E-state index in [1.807, 2.05) is 22.8 Å². The van der Waals surface area contributed by atoms with E-state index >= 15 is 0 Å². The number of hydrogen-bond acceptors (Lipinski definition) is 3. The molecule has 0 spiro atoms. The van der Waals surface area contributed by atoms with E-state index in [0.29, 0.717) is 37.8 Å². The lowest BCUT2D eigenvalue weighted by Crippen LogP contribution is -2.59. The van der Waals surface area contributed by atoms with Crippen molar-refractivity contribution in [2.24, 2.45) is 11.7 Å². The summed E-state index contributed by atoms with van der Waals surface area (Å²) >= 11 is 0. The van der Waals surface area contributed by atoms with Gasteiger partial charge in [0.05, 0.1) is 11.2 Å². The molecule has 114 valence electrons. The third-order valence-corrected chi connectivity index (χ3v) is 4.65. The number of amides is 1. The molecule has 1 aromatic rings. The minimum absolute atomic E-state index is 0.0400. The molecule has 1 aliphatic carbocycles. The van der Waals surface area contributed by atoms with Gasteiger partial charge in [-0.05, 0) is 37.8 Å². The number of anilines is 1. The molecule has 1 unspecified atom stereocenters. The van der Waals surface area contributed by atoms with Gasteiger partial charge in [0.1, 0.15) is 5.82 Å². The third kappa shape index (κ3) is 2.75. The van der Waals surface area contributed by atoms with Crippen LogP contribution in [0, 0.1) is 11.7 Å². The van der Waals surface area contributed by atoms with Crippen LogP contribution in [-0.4, -0.2) is 42.5 Å². The van der Waals surface area contributed by atoms with E-state index in [4.69, 9.17) is 5.73 Å². The third-order valence-electron chi connectivity index (χ3n) is 4.65. The van der Waals surface area contributed by atoms with Gasteiger partial charge in [-0.15, -0.1) is 0 Å². The van der Waals surface area contributed by atoms with Crippen molar-refractivity contribution in [2.45, 2.75) is 25.3 Å². The van der Waals surface area contributed by atoms with Crippen LogP contribution >= 0.6 is 0 Å². The first-order chi connectivity index (χ1) is 10.00. The number of para-hydroxylation sites is 1. The molecule has 1 saturated heterocycles. The molecule has 5 heteroatoms. The van der Waals surface area contributed by atoms with Gasteiger partial charge < -0.3 is 15.5 Å². The van der Waals surface area contributed by atoms with Gasteiger partial charge in [-0.2, -0.15) is 0 Å². The topological polar surface area (TPSA) is 49.6 Å². The molecule has 0 bridgehead atoms. The molecule has 2 N–H and O–H groups in total. The Morgan fingerprint density at radius 1 is 1.24 bits per heavy atom. The molecule has 0 radical (unpaired) electrons. The lowest BCUT2D eigenvalue weighted by molar-refractivity contribution is -0.137. The Hall–Kier alpha value is -1.62. The molecular weight excluding hydrogens is 269 g/mol. The van der Waals surface area contributed by atoms with Crippen LogP contribution in [-0.2, 0) is 4.79 Å². The minimum atomic E-state index is -0.736. The lowest BCUT2D eigenvalue weighted by Gasteiger charge is -2.39. The van der Waals surface area contributed by atoms with Gasteiger partial charge in [-0.3, -0.25) is 4.79 Å². The average molecular weight is 291 g/mol. The van der Waals surface area contributed by atoms with E-state index < -0.39 is 5.54 Å². The highest BCUT2D eigenvalue weighted by atomic mass is 19.1. The summed E-state index contributed by atoms with van der Waals surface area (Å²) in [6.45, 7) is 4.34. The van der Waals surface area contributed by atoms with Gasteiger partial charge in [0, 0.05) is 26.2 Å². The molecule has 1 amide bonds. The molecule has 1 atom stereocenters. The second-order valence-electron chi connectivity index (χ2n) is 6.29. The van der Waals surface area contributed by atoms with Crippen LogP contribution < -0.4 is 10.6 Å². The van der Waals surface area contributed by atoms with Crippen LogP contribution in [0.5, 0.6) is 0 Å². The number of benzene rings is 1. The van der Waals surface area contributed by atoms with Crippen molar-refractivity contribution >= 4 is 11.6 Å². The summed E-state index contributed by atoms with van der Waals surface area (Å²) in [4.78, 5) is 16.3. The van der Waals surface area contributed by atoms with Crippen molar-refractivity contribution in [3.05, 3.63) is 30.1 Å². The van der Waals surface area contributed by atoms with Crippen LogP contribution in [0.1, 0.15) is 19.8 Å². The number of carbonyl (C=O) groups is 1. The zero-order chi connectivity index (χ0) is 15.0. The van der Waals surface area contributed by atoms with Crippen molar-refractivity contribution in [1.82, 2.24) is 4.90 Å². The van der Waals surface area contributed by atoms with E-state index in [-0.39, 0.29) is 11.7 Å². The molecule has 2 aliphatic rings. The molecule has 21 heavy (non-hydrogen) atoms. The molecule has 1 heterocycles. The number of halogens is 1. The summed E-state index contributed by atoms with van der Waals surface area (Å²) in [5, 5.41) is 0. The van der Waals surface area contributed by atoms with Gasteiger partial charge in [0.15, 0.2) is 0 Å². The molecular formula is C16H22FN3O. The fraction of sp³-hybridized carbons (Fsp3) is 0.562. The van der Waals surface area contributed by atoms with Crippen LogP contribution in [0.15, 0.2) is 24.3 Å². The van der Waals surface area contributed by atoms with Crippen LogP contribution in [0.3, 0.4) is 0 Å². The lowest BCUT2D eigenvalue weighted by atomic mass is 9.95. The monoisotopic (exact) mass is 291 g/mol. The average Bonchev–Trinajstić information content (AvgIpc) is 3.32. The summed E-state index contributed by atoms with van der Waals surface area (Å²) in [5.41, 5.74) is 6.08. The molecule has 1 aromatic carbocycles. The van der Waals surface area contributed by atoms with Crippen molar-refractivity contribution < 1.29 is 9.18 Å². The number of piperazine rings is 1. The summed E-state index contributed by atoms with van der Waals surface area (Å²) < 4.78 is 13.8. The maximum absolute atomic E-state index is 13.8. The Bertz CT molecular complexity index is 534. The molecule has 1 saturated carbocycles. The largest absolute Gasteiger partial charge is 0.366 e. The maximum Gasteiger partial charge on any atom is 0.242 e. The van der Waals surface area contributed by atoms with Crippen LogP contribution in [0.4, 0.5) is 10.1 Å². The van der Waals surface area contributed by atoms with Crippen LogP contribution in [0.25, 0.3) is 0 Å². The smallest absolute Gasteiger partial charge is 0.242 e. The Kier molecular flexibility index (Phi) is 3.61. The normalized spacial score (nSPS) is 22.0. The van der Waals surface area contributed by atoms with Gasteiger partial charge in [-0.1, -0.05) is 12.1 Å². The molecule has 4 nitrogen and oxygen atoms in total. The van der Waals surface area contributed by atoms with Gasteiger partial charge in [0.25, 0.3) is 0 Å². The summed E-state index contributed by atoms with van der Waals surface area (Å²) in [7, 11) is 0. The highest BCUT2D eigenvalue weighted by Crippen LogP contribution is 2.39. The van der Waals surface area contributed by atoms with E-state index in [2.05, 4.69) is 0 Å². The fourth-order valence-corrected chi connectivity index (χ4v) is 3.06. The first-order valence-electron chi connectivity index (χ1n) is 7.58. The second-order valence-corrected chi connectivity index (χ2v) is 6.29. The number of carbonyl (C=O) groups excluding carboxylic acids is 1. The Morgan fingerprint density at radius 3 is 2.43 bits per heavy atom. The summed E-state index contributed by atoms with van der Waals surface area (Å²) in [5.74, 6) is 0.159. The predicted octanol–water partition coefficient (Wildman–Crippen LogP) is 1.60. The van der Waals surface area contributed by atoms with Crippen molar-refractivity contribution in [3.63, 3.8) is 0 Å². The Balaban J connectivity index is 1.63. The molecule has 2 fully saturated rings. The first kappa shape index (κ1) is 14.3. The summed E-state index contributed by atoms with van der Waals surface area (Å²) in [6, 6.07) is 6.77. The molecule has 3 rings (SSSR count). The van der Waals surface area contributed by atoms with Gasteiger partial charge >= 0.3 is 0 Å². The minimum Gasteiger partial charge on any atom is -0.366 e. The first-order valence-corrected chi connectivity index (χ1v) is 7.58. The van der Waals surface area contributed by atoms with Gasteiger partial charge in [0.2, 0.25) is 5.91 Å². The van der Waals surface area contributed by atoms with E-state index in [0.717, 1.165) is 12.8 Å². The van der Waals surface area contributed by atoms with Gasteiger partial charge in [-0.25, -0.2) is 4.39 Å². The highest BCUT2D eigenvalue weighted by Gasteiger charge is 2.46. The predicted molar refractivity (Wildman–Crippen MR) is 80.5 cm³/mol. The molecule has 0 aromatic heterocycles. The Labute approximate surface area is 124 Å². The van der Waals surface area contributed by atoms with Crippen LogP contribution in [0.2, 0.25) is 0 Å². The van der Waals surface area contributed by atoms with E-state index in [1.54, 1.807) is 12.1 Å². The van der Waals surface area contributed by atoms with E-state index in [1.165, 1.54) is 6.07 Å². The number of nitrogens with zero attached hydrogens (tertiary/aromatic N) is 2. The fourth-order valence-electron chi connectivity index (χ4n) is 3.06. The van der Waals surface area contributed by atoms with Crippen molar-refractivity contribution in [2.75, 3.05) is 31.1 Å². The zero-order valence-corrected chi connectivity index (χ0v) is 12.4. The maximum atomic E-state index is 13.8. The summed E-state index contributed by atoms with van der Waals surface area (Å²) in [6.07, 6.45) is 2.10. The molecule has 1 aliphatic heterocycles. The number of hydrogen-bond donors (Lipinski definition) is 1. The standard InChI is InChI=1S/C16H22FN3O/c1-16(18,12-6-7-12)15(21)20-10-8-19(9-11-20)14-5-3-2-4-13(14)17/h2-5,12H,6-11,18H2,1H3. The SMILES string of the molecule is CC(N)(C(=O)N1CCN(c2ccccc2F)CC1)C1CC1. The second kappa shape index (κ2) is 5.30. The Morgan fingerprint density at radius 2 is 1.86 bits per heavy atom. The van der Waals surface area contributed by atoms with Crippen molar-refractivity contribution in [1.29, 1.82) is 0 Å².